The van der Waals surface area contributed by atoms with Crippen molar-refractivity contribution in [1.29, 1.82) is 0 Å². The van der Waals surface area contributed by atoms with Crippen molar-refractivity contribution >= 4 is 6.29 Å². The van der Waals surface area contributed by atoms with Gasteiger partial charge in [0.2, 0.25) is 0 Å². The number of ether oxygens (including phenoxy) is 1. The predicted octanol–water partition coefficient (Wildman–Crippen LogP) is 1.00. The number of hydrogen-bond donors (Lipinski definition) is 0. The van der Waals surface area contributed by atoms with E-state index in [-0.39, 0.29) is 6.10 Å². The van der Waals surface area contributed by atoms with Gasteiger partial charge in [0.05, 0.1) is 0 Å². The highest BCUT2D eigenvalue weighted by Gasteiger charge is 1.98. The highest BCUT2D eigenvalue weighted by atomic mass is 16.5. The molecular formula is C8H12O2. The fourth-order valence-electron chi connectivity index (χ4n) is 0.517. The average molecular weight is 140 g/mol. The van der Waals surface area contributed by atoms with E-state index in [9.17, 15) is 4.79 Å². The van der Waals surface area contributed by atoms with Gasteiger partial charge in [-0.1, -0.05) is 12.8 Å². The summed E-state index contributed by atoms with van der Waals surface area (Å²) in [5, 5.41) is 0. The molecule has 0 radical (unpaired) electrons. The molecular weight excluding hydrogens is 128 g/mol. The van der Waals surface area contributed by atoms with Crippen LogP contribution < -0.4 is 0 Å². The third-order valence-electron chi connectivity index (χ3n) is 1.03. The molecule has 0 fully saturated rings. The summed E-state index contributed by atoms with van der Waals surface area (Å²) in [6.45, 7) is 1.96. The van der Waals surface area contributed by atoms with Crippen LogP contribution in [0.5, 0.6) is 0 Å². The van der Waals surface area contributed by atoms with Crippen molar-refractivity contribution < 1.29 is 9.53 Å². The van der Waals surface area contributed by atoms with Crippen molar-refractivity contribution in [3.63, 3.8) is 0 Å². The monoisotopic (exact) mass is 140 g/mol. The quantitative estimate of drug-likeness (QED) is 0.432. The fraction of sp³-hybridized carbons (Fsp3) is 0.625. The van der Waals surface area contributed by atoms with Gasteiger partial charge < -0.3 is 9.53 Å². The number of carbonyl (C=O) groups excluding carboxylic acids is 1. The van der Waals surface area contributed by atoms with Crippen molar-refractivity contribution in [2.24, 2.45) is 0 Å². The highest BCUT2D eigenvalue weighted by molar-refractivity contribution is 5.51. The van der Waals surface area contributed by atoms with Crippen LogP contribution in [0.25, 0.3) is 0 Å². The minimum atomic E-state index is -0.211. The molecule has 0 aromatic rings. The summed E-state index contributed by atoms with van der Waals surface area (Å²) in [6.07, 6.45) is 1.78. The minimum Gasteiger partial charge on any atom is -0.368 e. The Labute approximate surface area is 61.6 Å². The predicted molar refractivity (Wildman–Crippen MR) is 39.5 cm³/mol. The van der Waals surface area contributed by atoms with E-state index in [0.717, 1.165) is 12.7 Å². The van der Waals surface area contributed by atoms with Crippen LogP contribution in [-0.4, -0.2) is 19.5 Å². The van der Waals surface area contributed by atoms with Gasteiger partial charge in [-0.2, -0.15) is 0 Å². The molecule has 0 aliphatic heterocycles. The first-order chi connectivity index (χ1) is 4.85. The molecule has 1 atom stereocenters. The number of aldehydes is 1. The third-order valence-corrected chi connectivity index (χ3v) is 1.03. The molecule has 0 rings (SSSR count). The van der Waals surface area contributed by atoms with Crippen LogP contribution in [0.4, 0.5) is 0 Å². The van der Waals surface area contributed by atoms with E-state index in [2.05, 4.69) is 11.8 Å². The number of carbonyl (C=O) groups is 1. The molecule has 56 valence electrons. The van der Waals surface area contributed by atoms with E-state index in [1.165, 1.54) is 0 Å². The van der Waals surface area contributed by atoms with Gasteiger partial charge in [0.15, 0.2) is 0 Å². The Bertz CT molecular complexity index is 141. The summed E-state index contributed by atoms with van der Waals surface area (Å²) in [5.41, 5.74) is 0. The zero-order chi connectivity index (χ0) is 7.82. The Balaban J connectivity index is 3.69. The molecule has 0 aromatic heterocycles. The molecule has 10 heavy (non-hydrogen) atoms. The summed E-state index contributed by atoms with van der Waals surface area (Å²) in [5.74, 6) is 5.67. The van der Waals surface area contributed by atoms with Crippen LogP contribution in [0.3, 0.4) is 0 Å². The molecule has 0 N–H and O–H groups in total. The van der Waals surface area contributed by atoms with E-state index < -0.39 is 0 Å². The van der Waals surface area contributed by atoms with Crippen molar-refractivity contribution in [2.75, 3.05) is 7.11 Å². The molecule has 0 aliphatic rings. The first kappa shape index (κ1) is 9.19. The van der Waals surface area contributed by atoms with Crippen LogP contribution in [0.1, 0.15) is 19.8 Å². The van der Waals surface area contributed by atoms with Crippen LogP contribution in [0, 0.1) is 11.8 Å². The van der Waals surface area contributed by atoms with Crippen LogP contribution in [0.15, 0.2) is 0 Å². The topological polar surface area (TPSA) is 26.3 Å². The number of methoxy groups -OCH3 is 1. The van der Waals surface area contributed by atoms with E-state index in [0.29, 0.717) is 6.42 Å². The largest absolute Gasteiger partial charge is 0.368 e. The van der Waals surface area contributed by atoms with Crippen LogP contribution in [-0.2, 0) is 9.53 Å². The first-order valence-electron chi connectivity index (χ1n) is 3.30. The molecule has 0 spiro atoms. The van der Waals surface area contributed by atoms with Gasteiger partial charge in [-0.25, -0.2) is 0 Å². The first-order valence-corrected chi connectivity index (χ1v) is 3.30. The van der Waals surface area contributed by atoms with Crippen molar-refractivity contribution in [1.82, 2.24) is 0 Å². The second-order valence-electron chi connectivity index (χ2n) is 1.80. The Morgan fingerprint density at radius 3 is 2.80 bits per heavy atom. The van der Waals surface area contributed by atoms with Crippen LogP contribution in [0.2, 0.25) is 0 Å². The van der Waals surface area contributed by atoms with Gasteiger partial charge in [-0.15, -0.1) is 5.92 Å². The van der Waals surface area contributed by atoms with Crippen molar-refractivity contribution in [3.05, 3.63) is 0 Å². The lowest BCUT2D eigenvalue weighted by Gasteiger charge is -2.01. The Hall–Kier alpha value is -0.810. The summed E-state index contributed by atoms with van der Waals surface area (Å²) in [7, 11) is 1.55. The molecule has 0 saturated carbocycles. The summed E-state index contributed by atoms with van der Waals surface area (Å²) < 4.78 is 4.89. The van der Waals surface area contributed by atoms with Gasteiger partial charge in [0, 0.05) is 20.0 Å². The molecule has 2 heteroatoms. The summed E-state index contributed by atoms with van der Waals surface area (Å²) >= 11 is 0. The number of hydrogen-bond acceptors (Lipinski definition) is 2. The Kier molecular flexibility index (Phi) is 5.80. The molecule has 0 heterocycles. The van der Waals surface area contributed by atoms with E-state index >= 15 is 0 Å². The number of rotatable bonds is 3. The maximum absolute atomic E-state index is 9.99. The van der Waals surface area contributed by atoms with E-state index in [1.54, 1.807) is 7.11 Å². The second kappa shape index (κ2) is 6.31. The molecule has 2 nitrogen and oxygen atoms in total. The minimum absolute atomic E-state index is 0.211. The van der Waals surface area contributed by atoms with Gasteiger partial charge in [-0.3, -0.25) is 0 Å². The Morgan fingerprint density at radius 2 is 2.40 bits per heavy atom. The van der Waals surface area contributed by atoms with Crippen molar-refractivity contribution in [2.45, 2.75) is 25.9 Å². The molecule has 0 aromatic carbocycles. The standard InChI is InChI=1S/C8H12O2/c1-3-4-5-8(10-2)6-7-9/h7-8H,3,6H2,1-2H3. The van der Waals surface area contributed by atoms with Gasteiger partial charge in [0.25, 0.3) is 0 Å². The maximum Gasteiger partial charge on any atom is 0.124 e. The third kappa shape index (κ3) is 4.11. The van der Waals surface area contributed by atoms with Gasteiger partial charge in [0.1, 0.15) is 12.4 Å². The Morgan fingerprint density at radius 1 is 1.70 bits per heavy atom. The molecule has 0 bridgehead atoms. The molecule has 0 amide bonds. The lowest BCUT2D eigenvalue weighted by atomic mass is 10.2. The average Bonchev–Trinajstić information content (AvgIpc) is 1.98. The summed E-state index contributed by atoms with van der Waals surface area (Å²) in [4.78, 5) is 9.99. The maximum atomic E-state index is 9.99. The molecule has 0 aliphatic carbocycles. The lowest BCUT2D eigenvalue weighted by Crippen LogP contribution is -2.07. The van der Waals surface area contributed by atoms with Crippen molar-refractivity contribution in [3.8, 4) is 11.8 Å². The lowest BCUT2D eigenvalue weighted by molar-refractivity contribution is -0.109. The SMILES string of the molecule is CCC#CC(CC=O)OC. The van der Waals surface area contributed by atoms with E-state index in [1.807, 2.05) is 6.92 Å². The smallest absolute Gasteiger partial charge is 0.124 e. The zero-order valence-corrected chi connectivity index (χ0v) is 6.39. The van der Waals surface area contributed by atoms with E-state index in [4.69, 9.17) is 4.74 Å². The normalized spacial score (nSPS) is 11.4. The second-order valence-corrected chi connectivity index (χ2v) is 1.80. The zero-order valence-electron chi connectivity index (χ0n) is 6.39. The van der Waals surface area contributed by atoms with Gasteiger partial charge in [-0.05, 0) is 0 Å². The highest BCUT2D eigenvalue weighted by Crippen LogP contribution is 1.91. The molecule has 0 saturated heterocycles. The molecule has 1 unspecified atom stereocenters. The van der Waals surface area contributed by atoms with Gasteiger partial charge >= 0.3 is 0 Å². The summed E-state index contributed by atoms with van der Waals surface area (Å²) in [6, 6.07) is 0. The fourth-order valence-corrected chi connectivity index (χ4v) is 0.517. The van der Waals surface area contributed by atoms with Crippen LogP contribution >= 0.6 is 0 Å².